The van der Waals surface area contributed by atoms with Crippen LogP contribution in [-0.4, -0.2) is 43.4 Å². The number of allylic oxidation sites excluding steroid dienone is 1. The van der Waals surface area contributed by atoms with Gasteiger partial charge in [-0.3, -0.25) is 9.79 Å². The number of amidine groups is 1. The van der Waals surface area contributed by atoms with Crippen LogP contribution in [0.4, 0.5) is 9.18 Å². The minimum Gasteiger partial charge on any atom is -0.469 e. The van der Waals surface area contributed by atoms with Crippen molar-refractivity contribution in [2.75, 3.05) is 13.7 Å². The van der Waals surface area contributed by atoms with Gasteiger partial charge in [0.15, 0.2) is 0 Å². The first kappa shape index (κ1) is 21.8. The van der Waals surface area contributed by atoms with Gasteiger partial charge in [0.05, 0.1) is 25.4 Å². The molecule has 136 valence electrons. The number of halogens is 1. The van der Waals surface area contributed by atoms with Crippen molar-refractivity contribution in [3.63, 3.8) is 0 Å². The Morgan fingerprint density at radius 1 is 1.33 bits per heavy atom. The van der Waals surface area contributed by atoms with Crippen LogP contribution in [0.3, 0.4) is 0 Å². The molecule has 1 unspecified atom stereocenters. The summed E-state index contributed by atoms with van der Waals surface area (Å²) in [5, 5.41) is 0. The Balaban J connectivity index is 4.69. The Hall–Kier alpha value is -2.25. The molecule has 7 nitrogen and oxygen atoms in total. The maximum absolute atomic E-state index is 13.5. The Morgan fingerprint density at radius 3 is 2.46 bits per heavy atom. The molecule has 24 heavy (non-hydrogen) atoms. The van der Waals surface area contributed by atoms with E-state index in [0.29, 0.717) is 0 Å². The lowest BCUT2D eigenvalue weighted by Crippen LogP contribution is -2.23. The van der Waals surface area contributed by atoms with E-state index < -0.39 is 29.4 Å². The Bertz CT molecular complexity index is 518. The van der Waals surface area contributed by atoms with Gasteiger partial charge in [-0.2, -0.15) is 4.99 Å². The zero-order valence-electron chi connectivity index (χ0n) is 14.8. The molecule has 8 heteroatoms. The number of nitrogens with zero attached hydrogens (tertiary/aromatic N) is 2. The Kier molecular flexibility index (Phi) is 9.53. The van der Waals surface area contributed by atoms with Crippen LogP contribution in [0.2, 0.25) is 0 Å². The molecule has 0 aromatic heterocycles. The second kappa shape index (κ2) is 10.5. The molecule has 1 amide bonds. The number of amides is 1. The molecule has 2 N–H and O–H groups in total. The monoisotopic (exact) mass is 343 g/mol. The second-order valence-electron chi connectivity index (χ2n) is 6.07. The van der Waals surface area contributed by atoms with Crippen LogP contribution in [-0.2, 0) is 14.3 Å². The van der Waals surface area contributed by atoms with Gasteiger partial charge in [0, 0.05) is 6.21 Å². The standard InChI is InChI=1S/C16H26FN3O4/c1-11(18)19-10-13(17)8-6-7-12(14(21)23-5)9-20-15(22)24-16(2,3)4/h8-9,12H,6-7,10H2,1-5H3,(H2,18,19)/b13-8+,20-9?. The van der Waals surface area contributed by atoms with E-state index in [0.717, 1.165) is 6.21 Å². The first-order valence-electron chi connectivity index (χ1n) is 7.51. The van der Waals surface area contributed by atoms with Crippen molar-refractivity contribution < 1.29 is 23.5 Å². The summed E-state index contributed by atoms with van der Waals surface area (Å²) in [6, 6.07) is 0. The van der Waals surface area contributed by atoms with Gasteiger partial charge >= 0.3 is 12.1 Å². The van der Waals surface area contributed by atoms with Crippen molar-refractivity contribution in [2.24, 2.45) is 21.6 Å². The second-order valence-corrected chi connectivity index (χ2v) is 6.07. The van der Waals surface area contributed by atoms with E-state index in [1.54, 1.807) is 27.7 Å². The van der Waals surface area contributed by atoms with E-state index in [9.17, 15) is 14.0 Å². The Morgan fingerprint density at radius 2 is 1.96 bits per heavy atom. The number of ether oxygens (including phenoxy) is 2. The van der Waals surface area contributed by atoms with E-state index in [-0.39, 0.29) is 25.2 Å². The van der Waals surface area contributed by atoms with Gasteiger partial charge in [0.1, 0.15) is 11.4 Å². The summed E-state index contributed by atoms with van der Waals surface area (Å²) in [7, 11) is 1.23. The molecule has 0 aliphatic heterocycles. The first-order valence-corrected chi connectivity index (χ1v) is 7.51. The molecule has 0 aliphatic rings. The topological polar surface area (TPSA) is 103 Å². The average molecular weight is 343 g/mol. The first-order chi connectivity index (χ1) is 11.0. The Labute approximate surface area is 141 Å². The normalized spacial score (nSPS) is 14.6. The fourth-order valence-corrected chi connectivity index (χ4v) is 1.53. The fraction of sp³-hybridized carbons (Fsp3) is 0.625. The smallest absolute Gasteiger partial charge is 0.433 e. The van der Waals surface area contributed by atoms with Crippen LogP contribution in [0.5, 0.6) is 0 Å². The van der Waals surface area contributed by atoms with E-state index in [4.69, 9.17) is 10.5 Å². The number of esters is 1. The van der Waals surface area contributed by atoms with Crippen molar-refractivity contribution in [1.29, 1.82) is 0 Å². The van der Waals surface area contributed by atoms with Crippen molar-refractivity contribution in [1.82, 2.24) is 0 Å². The lowest BCUT2D eigenvalue weighted by Gasteiger charge is -2.17. The van der Waals surface area contributed by atoms with Crippen LogP contribution in [0.1, 0.15) is 40.5 Å². The predicted octanol–water partition coefficient (Wildman–Crippen LogP) is 2.79. The highest BCUT2D eigenvalue weighted by atomic mass is 19.1. The summed E-state index contributed by atoms with van der Waals surface area (Å²) in [5.74, 6) is -1.50. The molecule has 0 aromatic carbocycles. The van der Waals surface area contributed by atoms with Crippen LogP contribution < -0.4 is 5.73 Å². The number of carbonyl (C=O) groups excluding carboxylic acids is 2. The van der Waals surface area contributed by atoms with Gasteiger partial charge in [-0.1, -0.05) is 6.08 Å². The molecule has 0 bridgehead atoms. The molecule has 0 aromatic rings. The van der Waals surface area contributed by atoms with Gasteiger partial charge in [-0.15, -0.1) is 0 Å². The van der Waals surface area contributed by atoms with Crippen LogP contribution >= 0.6 is 0 Å². The highest BCUT2D eigenvalue weighted by molar-refractivity contribution is 5.93. The predicted molar refractivity (Wildman–Crippen MR) is 90.8 cm³/mol. The maximum atomic E-state index is 13.5. The molecule has 0 saturated heterocycles. The summed E-state index contributed by atoms with van der Waals surface area (Å²) >= 11 is 0. The molecule has 0 heterocycles. The summed E-state index contributed by atoms with van der Waals surface area (Å²) in [4.78, 5) is 30.6. The number of hydrogen-bond acceptors (Lipinski definition) is 5. The molecule has 1 atom stereocenters. The quantitative estimate of drug-likeness (QED) is 0.435. The third kappa shape index (κ3) is 11.3. The summed E-state index contributed by atoms with van der Waals surface area (Å²) in [6.45, 7) is 6.54. The van der Waals surface area contributed by atoms with Crippen molar-refractivity contribution in [3.8, 4) is 0 Å². The summed E-state index contributed by atoms with van der Waals surface area (Å²) in [6.07, 6.45) is 2.16. The number of nitrogens with two attached hydrogens (primary N) is 1. The molecule has 0 saturated carbocycles. The lowest BCUT2D eigenvalue weighted by molar-refractivity contribution is -0.143. The highest BCUT2D eigenvalue weighted by Crippen LogP contribution is 2.12. The van der Waals surface area contributed by atoms with Gasteiger partial charge < -0.3 is 15.2 Å². The van der Waals surface area contributed by atoms with E-state index in [1.165, 1.54) is 13.2 Å². The largest absolute Gasteiger partial charge is 0.469 e. The summed E-state index contributed by atoms with van der Waals surface area (Å²) < 4.78 is 23.1. The summed E-state index contributed by atoms with van der Waals surface area (Å²) in [5.41, 5.74) is 4.64. The molecule has 0 radical (unpaired) electrons. The zero-order valence-corrected chi connectivity index (χ0v) is 14.8. The molecular formula is C16H26FN3O4. The molecule has 0 spiro atoms. The number of hydrogen-bond donors (Lipinski definition) is 1. The molecular weight excluding hydrogens is 317 g/mol. The third-order valence-electron chi connectivity index (χ3n) is 2.58. The van der Waals surface area contributed by atoms with Gasteiger partial charge in [0.25, 0.3) is 0 Å². The van der Waals surface area contributed by atoms with Gasteiger partial charge in [-0.05, 0) is 40.5 Å². The fourth-order valence-electron chi connectivity index (χ4n) is 1.53. The highest BCUT2D eigenvalue weighted by Gasteiger charge is 2.19. The van der Waals surface area contributed by atoms with E-state index >= 15 is 0 Å². The van der Waals surface area contributed by atoms with Crippen LogP contribution in [0, 0.1) is 5.92 Å². The maximum Gasteiger partial charge on any atom is 0.433 e. The van der Waals surface area contributed by atoms with Crippen LogP contribution in [0.25, 0.3) is 0 Å². The number of carbonyl (C=O) groups is 2. The minimum atomic E-state index is -0.800. The van der Waals surface area contributed by atoms with E-state index in [2.05, 4.69) is 14.7 Å². The van der Waals surface area contributed by atoms with Crippen molar-refractivity contribution >= 4 is 24.1 Å². The van der Waals surface area contributed by atoms with Gasteiger partial charge in [0.2, 0.25) is 0 Å². The number of aliphatic imine (C=N–C) groups is 2. The molecule has 0 aliphatic carbocycles. The van der Waals surface area contributed by atoms with Crippen molar-refractivity contribution in [3.05, 3.63) is 11.9 Å². The SMILES string of the molecule is COC(=O)C(C=NC(=O)OC(C)(C)C)CC/C=C(/F)CN=C(C)N. The number of rotatable bonds is 7. The zero-order chi connectivity index (χ0) is 18.8. The van der Waals surface area contributed by atoms with Gasteiger partial charge in [-0.25, -0.2) is 9.18 Å². The minimum absolute atomic E-state index is 0.142. The lowest BCUT2D eigenvalue weighted by atomic mass is 10.0. The third-order valence-corrected chi connectivity index (χ3v) is 2.58. The molecule has 0 rings (SSSR count). The number of methoxy groups -OCH3 is 1. The van der Waals surface area contributed by atoms with Crippen LogP contribution in [0.15, 0.2) is 21.9 Å². The van der Waals surface area contributed by atoms with E-state index in [1.807, 2.05) is 0 Å². The average Bonchev–Trinajstić information content (AvgIpc) is 2.45. The molecule has 0 fully saturated rings. The van der Waals surface area contributed by atoms with Crippen molar-refractivity contribution in [2.45, 2.75) is 46.1 Å².